The summed E-state index contributed by atoms with van der Waals surface area (Å²) in [4.78, 5) is 19.3. The number of aryl methyl sites for hydroxylation is 1. The highest BCUT2D eigenvalue weighted by atomic mass is 35.5. The van der Waals surface area contributed by atoms with Gasteiger partial charge in [-0.1, -0.05) is 53.7 Å². The van der Waals surface area contributed by atoms with Gasteiger partial charge in [0.15, 0.2) is 16.7 Å². The van der Waals surface area contributed by atoms with Crippen LogP contribution in [0.5, 0.6) is 11.5 Å². The third-order valence-corrected chi connectivity index (χ3v) is 5.50. The third kappa shape index (κ3) is 3.79. The van der Waals surface area contributed by atoms with Crippen LogP contribution in [-0.2, 0) is 4.79 Å². The van der Waals surface area contributed by atoms with Crippen molar-refractivity contribution in [2.45, 2.75) is 6.92 Å². The number of halogens is 1. The van der Waals surface area contributed by atoms with E-state index in [1.54, 1.807) is 11.0 Å². The van der Waals surface area contributed by atoms with Gasteiger partial charge in [-0.05, 0) is 42.8 Å². The van der Waals surface area contributed by atoms with Gasteiger partial charge in [0.1, 0.15) is 5.70 Å². The lowest BCUT2D eigenvalue weighted by Gasteiger charge is -2.17. The van der Waals surface area contributed by atoms with Crippen molar-refractivity contribution >= 4 is 46.2 Å². The lowest BCUT2D eigenvalue weighted by molar-refractivity contribution is -0.113. The van der Waals surface area contributed by atoms with Crippen LogP contribution in [0.3, 0.4) is 0 Å². The topological polar surface area (TPSA) is 51.1 Å². The summed E-state index contributed by atoms with van der Waals surface area (Å²) in [6, 6.07) is 13.3. The molecule has 0 unspecified atom stereocenters. The normalized spacial score (nSPS) is 16.6. The maximum Gasteiger partial charge on any atom is 0.283 e. The molecule has 0 atom stereocenters. The second-order valence-corrected chi connectivity index (χ2v) is 7.80. The average molecular weight is 413 g/mol. The third-order valence-electron chi connectivity index (χ3n) is 4.18. The maximum absolute atomic E-state index is 13.1. The number of nitrogens with zero attached hydrogens (tertiary/aromatic N) is 2. The van der Waals surface area contributed by atoms with Gasteiger partial charge in [0, 0.05) is 10.8 Å². The van der Waals surface area contributed by atoms with Gasteiger partial charge in [0.25, 0.3) is 5.91 Å². The molecular formula is C21H17ClN2O3S. The second-order valence-electron chi connectivity index (χ2n) is 6.32. The van der Waals surface area contributed by atoms with Crippen LogP contribution in [0.4, 0.5) is 5.69 Å². The van der Waals surface area contributed by atoms with E-state index in [4.69, 9.17) is 21.1 Å². The molecule has 0 bridgehead atoms. The molecule has 2 aromatic rings. The van der Waals surface area contributed by atoms with E-state index < -0.39 is 0 Å². The number of rotatable bonds is 4. The number of carbonyl (C=O) groups excluding carboxylic acids is 1. The van der Waals surface area contributed by atoms with E-state index in [9.17, 15) is 4.79 Å². The van der Waals surface area contributed by atoms with Crippen LogP contribution in [0, 0.1) is 6.92 Å². The quantitative estimate of drug-likeness (QED) is 0.666. The number of benzene rings is 2. The van der Waals surface area contributed by atoms with Gasteiger partial charge in [-0.2, -0.15) is 0 Å². The van der Waals surface area contributed by atoms with Crippen molar-refractivity contribution in [3.63, 3.8) is 0 Å². The predicted molar refractivity (Wildman–Crippen MR) is 114 cm³/mol. The summed E-state index contributed by atoms with van der Waals surface area (Å²) in [5.41, 5.74) is 3.04. The zero-order valence-electron chi connectivity index (χ0n) is 15.1. The van der Waals surface area contributed by atoms with Crippen molar-refractivity contribution in [3.8, 4) is 11.5 Å². The number of thioether (sulfide) groups is 1. The number of carbonyl (C=O) groups is 1. The van der Waals surface area contributed by atoms with Crippen molar-refractivity contribution in [1.29, 1.82) is 0 Å². The number of hydrogen-bond acceptors (Lipinski definition) is 5. The van der Waals surface area contributed by atoms with Gasteiger partial charge < -0.3 is 9.47 Å². The Morgan fingerprint density at radius 2 is 2.00 bits per heavy atom. The van der Waals surface area contributed by atoms with Crippen LogP contribution in [-0.4, -0.2) is 23.6 Å². The molecule has 0 aromatic heterocycles. The average Bonchev–Trinajstić information content (AvgIpc) is 3.25. The fourth-order valence-electron chi connectivity index (χ4n) is 2.82. The van der Waals surface area contributed by atoms with Gasteiger partial charge in [-0.3, -0.25) is 9.69 Å². The molecule has 0 aliphatic carbocycles. The Balaban J connectivity index is 1.68. The minimum absolute atomic E-state index is 0.191. The summed E-state index contributed by atoms with van der Waals surface area (Å²) >= 11 is 7.29. The molecule has 0 radical (unpaired) electrons. The maximum atomic E-state index is 13.1. The number of aliphatic imine (C=N–C) groups is 1. The van der Waals surface area contributed by atoms with Gasteiger partial charge in [0.2, 0.25) is 6.79 Å². The van der Waals surface area contributed by atoms with Gasteiger partial charge in [0.05, 0.1) is 5.69 Å². The lowest BCUT2D eigenvalue weighted by Crippen LogP contribution is -2.30. The highest BCUT2D eigenvalue weighted by molar-refractivity contribution is 8.14. The van der Waals surface area contributed by atoms with Crippen LogP contribution < -0.4 is 14.4 Å². The monoisotopic (exact) mass is 412 g/mol. The Hall–Kier alpha value is -2.70. The first-order valence-electron chi connectivity index (χ1n) is 8.58. The number of anilines is 1. The number of fused-ring (bicyclic) bond motifs is 1. The van der Waals surface area contributed by atoms with Crippen LogP contribution in [0.2, 0.25) is 0 Å². The van der Waals surface area contributed by atoms with Crippen LogP contribution in [0.25, 0.3) is 6.08 Å². The van der Waals surface area contributed by atoms with E-state index in [-0.39, 0.29) is 12.7 Å². The first kappa shape index (κ1) is 18.7. The number of ether oxygens (including phenoxy) is 2. The van der Waals surface area contributed by atoms with Gasteiger partial charge in [-0.25, -0.2) is 4.99 Å². The fraction of sp³-hybridized carbons (Fsp3) is 0.143. The van der Waals surface area contributed by atoms with E-state index in [2.05, 4.69) is 11.6 Å². The Morgan fingerprint density at radius 1 is 1.25 bits per heavy atom. The first-order chi connectivity index (χ1) is 13.5. The van der Waals surface area contributed by atoms with E-state index >= 15 is 0 Å². The highest BCUT2D eigenvalue weighted by Crippen LogP contribution is 2.35. The molecule has 0 fully saturated rings. The Labute approximate surface area is 172 Å². The summed E-state index contributed by atoms with van der Waals surface area (Å²) in [6.45, 7) is 5.92. The standard InChI is InChI=1S/C21H17ClN2O3S/c1-13-3-6-16(7-4-13)24-20(25)17(23-21(24)28-11-14(2)22)9-15-5-8-18-19(10-15)27-12-26-18/h3-10H,2,11-12H2,1H3/b17-9+. The molecule has 4 rings (SSSR count). The smallest absolute Gasteiger partial charge is 0.283 e. The molecule has 1 amide bonds. The molecule has 2 aliphatic heterocycles. The summed E-state index contributed by atoms with van der Waals surface area (Å²) in [6.07, 6.45) is 1.74. The molecule has 7 heteroatoms. The molecule has 2 aliphatic rings. The zero-order valence-corrected chi connectivity index (χ0v) is 16.7. The number of amidine groups is 1. The summed E-state index contributed by atoms with van der Waals surface area (Å²) in [7, 11) is 0. The minimum atomic E-state index is -0.191. The number of hydrogen-bond donors (Lipinski definition) is 0. The lowest BCUT2D eigenvalue weighted by atomic mass is 10.1. The molecule has 142 valence electrons. The van der Waals surface area contributed by atoms with Crippen LogP contribution >= 0.6 is 23.4 Å². The molecule has 0 spiro atoms. The van der Waals surface area contributed by atoms with Crippen molar-refractivity contribution in [3.05, 3.63) is 70.9 Å². The van der Waals surface area contributed by atoms with Crippen molar-refractivity contribution in [1.82, 2.24) is 0 Å². The van der Waals surface area contributed by atoms with E-state index in [1.165, 1.54) is 11.8 Å². The van der Waals surface area contributed by atoms with Gasteiger partial charge >= 0.3 is 0 Å². The second kappa shape index (κ2) is 7.73. The van der Waals surface area contributed by atoms with E-state index in [1.807, 2.05) is 49.4 Å². The molecular weight excluding hydrogens is 396 g/mol. The molecule has 0 N–H and O–H groups in total. The van der Waals surface area contributed by atoms with E-state index in [0.717, 1.165) is 16.8 Å². The Morgan fingerprint density at radius 3 is 2.75 bits per heavy atom. The number of amides is 1. The summed E-state index contributed by atoms with van der Waals surface area (Å²) in [5.74, 6) is 1.63. The van der Waals surface area contributed by atoms with Crippen molar-refractivity contribution in [2.24, 2.45) is 4.99 Å². The van der Waals surface area contributed by atoms with Crippen molar-refractivity contribution < 1.29 is 14.3 Å². The molecule has 28 heavy (non-hydrogen) atoms. The van der Waals surface area contributed by atoms with E-state index in [0.29, 0.717) is 33.1 Å². The zero-order chi connectivity index (χ0) is 19.7. The molecule has 2 heterocycles. The Kier molecular flexibility index (Phi) is 5.15. The van der Waals surface area contributed by atoms with Crippen molar-refractivity contribution in [2.75, 3.05) is 17.4 Å². The fourth-order valence-corrected chi connectivity index (χ4v) is 3.75. The predicted octanol–water partition coefficient (Wildman–Crippen LogP) is 4.95. The molecule has 2 aromatic carbocycles. The summed E-state index contributed by atoms with van der Waals surface area (Å²) in [5, 5.41) is 1.07. The minimum Gasteiger partial charge on any atom is -0.454 e. The molecule has 0 saturated heterocycles. The Bertz CT molecular complexity index is 1010. The molecule has 5 nitrogen and oxygen atoms in total. The molecule has 0 saturated carbocycles. The highest BCUT2D eigenvalue weighted by Gasteiger charge is 2.32. The first-order valence-corrected chi connectivity index (χ1v) is 9.95. The van der Waals surface area contributed by atoms with Gasteiger partial charge in [-0.15, -0.1) is 0 Å². The van der Waals surface area contributed by atoms with Crippen LogP contribution in [0.1, 0.15) is 11.1 Å². The SMILES string of the molecule is C=C(Cl)CSC1=N/C(=C/c2ccc3c(c2)OCO3)C(=O)N1c1ccc(C)cc1. The summed E-state index contributed by atoms with van der Waals surface area (Å²) < 4.78 is 10.7. The largest absolute Gasteiger partial charge is 0.454 e. The van der Waals surface area contributed by atoms with Crippen LogP contribution in [0.15, 0.2) is 64.8 Å².